The zero-order chi connectivity index (χ0) is 16.2. The van der Waals surface area contributed by atoms with Crippen LogP contribution in [0, 0.1) is 6.92 Å². The predicted octanol–water partition coefficient (Wildman–Crippen LogP) is 1.84. The van der Waals surface area contributed by atoms with Gasteiger partial charge in [0.25, 0.3) is 0 Å². The molecule has 0 saturated carbocycles. The van der Waals surface area contributed by atoms with Gasteiger partial charge in [0.2, 0.25) is 0 Å². The summed E-state index contributed by atoms with van der Waals surface area (Å²) in [6.07, 6.45) is 1.68. The van der Waals surface area contributed by atoms with E-state index in [1.165, 1.54) is 11.1 Å². The fraction of sp³-hybridized carbons (Fsp3) is 0.588. The fourth-order valence-electron chi connectivity index (χ4n) is 1.89. The van der Waals surface area contributed by atoms with E-state index in [2.05, 4.69) is 53.7 Å². The molecule has 0 aromatic heterocycles. The molecule has 5 nitrogen and oxygen atoms in total. The molecule has 22 heavy (non-hydrogen) atoms. The Labute approximate surface area is 133 Å². The van der Waals surface area contributed by atoms with Gasteiger partial charge in [-0.05, 0) is 18.9 Å². The van der Waals surface area contributed by atoms with E-state index in [0.717, 1.165) is 25.3 Å². The summed E-state index contributed by atoms with van der Waals surface area (Å²) in [5.41, 5.74) is 2.41. The number of benzene rings is 1. The predicted molar refractivity (Wildman–Crippen MR) is 91.1 cm³/mol. The van der Waals surface area contributed by atoms with Gasteiger partial charge in [0.05, 0.1) is 19.3 Å². The van der Waals surface area contributed by atoms with Gasteiger partial charge in [-0.2, -0.15) is 0 Å². The second-order valence-electron chi connectivity index (χ2n) is 5.42. The van der Waals surface area contributed by atoms with Crippen molar-refractivity contribution < 1.29 is 9.84 Å². The number of nitrogens with one attached hydrogen (secondary N) is 2. The Morgan fingerprint density at radius 3 is 2.64 bits per heavy atom. The van der Waals surface area contributed by atoms with Crippen molar-refractivity contribution in [2.75, 3.05) is 26.8 Å². The van der Waals surface area contributed by atoms with E-state index >= 15 is 0 Å². The molecule has 1 unspecified atom stereocenters. The van der Waals surface area contributed by atoms with Crippen LogP contribution in [0.1, 0.15) is 30.9 Å². The number of ether oxygens (including phenoxy) is 1. The molecule has 1 rings (SSSR count). The van der Waals surface area contributed by atoms with Gasteiger partial charge in [0, 0.05) is 20.2 Å². The largest absolute Gasteiger partial charge is 0.389 e. The molecular weight excluding hydrogens is 278 g/mol. The van der Waals surface area contributed by atoms with Gasteiger partial charge >= 0.3 is 0 Å². The fourth-order valence-corrected chi connectivity index (χ4v) is 1.89. The molecular formula is C17H29N3O2. The summed E-state index contributed by atoms with van der Waals surface area (Å²) in [6, 6.07) is 8.35. The molecule has 0 radical (unpaired) electrons. The number of aliphatic imine (C=N–C) groups is 1. The van der Waals surface area contributed by atoms with E-state index < -0.39 is 6.10 Å². The average molecular weight is 307 g/mol. The first kappa shape index (κ1) is 18.5. The number of aliphatic hydroxyl groups is 1. The smallest absolute Gasteiger partial charge is 0.191 e. The highest BCUT2D eigenvalue weighted by molar-refractivity contribution is 5.79. The van der Waals surface area contributed by atoms with Crippen molar-refractivity contribution >= 4 is 5.96 Å². The first-order valence-electron chi connectivity index (χ1n) is 7.90. The monoisotopic (exact) mass is 307 g/mol. The van der Waals surface area contributed by atoms with Crippen LogP contribution in [0.15, 0.2) is 29.3 Å². The summed E-state index contributed by atoms with van der Waals surface area (Å²) >= 11 is 0. The molecule has 1 aromatic carbocycles. The first-order valence-corrected chi connectivity index (χ1v) is 7.90. The lowest BCUT2D eigenvalue weighted by Crippen LogP contribution is -2.42. The quantitative estimate of drug-likeness (QED) is 0.370. The molecule has 0 spiro atoms. The third-order valence-corrected chi connectivity index (χ3v) is 3.23. The first-order chi connectivity index (χ1) is 10.7. The van der Waals surface area contributed by atoms with Gasteiger partial charge < -0.3 is 20.5 Å². The summed E-state index contributed by atoms with van der Waals surface area (Å²) in [6.45, 7) is 6.44. The maximum Gasteiger partial charge on any atom is 0.191 e. The second kappa shape index (κ2) is 11.0. The highest BCUT2D eigenvalue weighted by Gasteiger charge is 2.05. The molecule has 0 amide bonds. The number of guanidine groups is 1. The van der Waals surface area contributed by atoms with Crippen LogP contribution in [0.4, 0.5) is 0 Å². The van der Waals surface area contributed by atoms with Crippen LogP contribution >= 0.6 is 0 Å². The SMILES string of the molecule is CCCCNC(=NCc1ccc(C)cc1)NCC(O)COC. The molecule has 5 heteroatoms. The van der Waals surface area contributed by atoms with Crippen molar-refractivity contribution in [1.82, 2.24) is 10.6 Å². The normalized spacial score (nSPS) is 13.0. The van der Waals surface area contributed by atoms with E-state index in [1.54, 1.807) is 7.11 Å². The average Bonchev–Trinajstić information content (AvgIpc) is 2.51. The maximum absolute atomic E-state index is 9.72. The van der Waals surface area contributed by atoms with Crippen molar-refractivity contribution in [2.45, 2.75) is 39.3 Å². The molecule has 124 valence electrons. The summed E-state index contributed by atoms with van der Waals surface area (Å²) in [4.78, 5) is 4.57. The van der Waals surface area contributed by atoms with Gasteiger partial charge in [-0.3, -0.25) is 0 Å². The van der Waals surface area contributed by atoms with Crippen LogP contribution in [0.25, 0.3) is 0 Å². The minimum Gasteiger partial charge on any atom is -0.389 e. The van der Waals surface area contributed by atoms with Gasteiger partial charge in [-0.1, -0.05) is 43.2 Å². The lowest BCUT2D eigenvalue weighted by molar-refractivity contribution is 0.0673. The Morgan fingerprint density at radius 1 is 1.27 bits per heavy atom. The standard InChI is InChI=1S/C17H29N3O2/c1-4-5-10-18-17(20-12-16(21)13-22-3)19-11-15-8-6-14(2)7-9-15/h6-9,16,21H,4-5,10-13H2,1-3H3,(H2,18,19,20). The molecule has 0 aliphatic carbocycles. The number of rotatable bonds is 9. The van der Waals surface area contributed by atoms with E-state index in [1.807, 2.05) is 0 Å². The van der Waals surface area contributed by atoms with Crippen LogP contribution in [-0.4, -0.2) is 44.0 Å². The number of methoxy groups -OCH3 is 1. The van der Waals surface area contributed by atoms with Crippen LogP contribution in [-0.2, 0) is 11.3 Å². The minimum absolute atomic E-state index is 0.313. The van der Waals surface area contributed by atoms with Crippen molar-refractivity contribution in [2.24, 2.45) is 4.99 Å². The van der Waals surface area contributed by atoms with E-state index in [9.17, 15) is 5.11 Å². The van der Waals surface area contributed by atoms with Crippen LogP contribution < -0.4 is 10.6 Å². The highest BCUT2D eigenvalue weighted by atomic mass is 16.5. The number of aryl methyl sites for hydroxylation is 1. The number of hydrogen-bond donors (Lipinski definition) is 3. The highest BCUT2D eigenvalue weighted by Crippen LogP contribution is 2.04. The third kappa shape index (κ3) is 8.00. The molecule has 1 atom stereocenters. The van der Waals surface area contributed by atoms with Gasteiger partial charge in [0.1, 0.15) is 0 Å². The van der Waals surface area contributed by atoms with E-state index in [-0.39, 0.29) is 0 Å². The number of hydrogen-bond acceptors (Lipinski definition) is 3. The van der Waals surface area contributed by atoms with Crippen molar-refractivity contribution in [3.05, 3.63) is 35.4 Å². The Hall–Kier alpha value is -1.59. The Bertz CT molecular complexity index is 432. The Balaban J connectivity index is 2.54. The lowest BCUT2D eigenvalue weighted by atomic mass is 10.1. The summed E-state index contributed by atoms with van der Waals surface area (Å²) in [7, 11) is 1.58. The topological polar surface area (TPSA) is 65.9 Å². The Kier molecular flexibility index (Phi) is 9.26. The lowest BCUT2D eigenvalue weighted by Gasteiger charge is -2.15. The molecule has 0 bridgehead atoms. The molecule has 1 aromatic rings. The van der Waals surface area contributed by atoms with Crippen LogP contribution in [0.2, 0.25) is 0 Å². The minimum atomic E-state index is -0.539. The summed E-state index contributed by atoms with van der Waals surface area (Å²) in [5, 5.41) is 16.2. The Morgan fingerprint density at radius 2 is 2.00 bits per heavy atom. The zero-order valence-corrected chi connectivity index (χ0v) is 13.9. The summed E-state index contributed by atoms with van der Waals surface area (Å²) in [5.74, 6) is 0.726. The molecule has 0 saturated heterocycles. The zero-order valence-electron chi connectivity index (χ0n) is 13.9. The number of aliphatic hydroxyl groups excluding tert-OH is 1. The second-order valence-corrected chi connectivity index (χ2v) is 5.42. The number of unbranched alkanes of at least 4 members (excludes halogenated alkanes) is 1. The van der Waals surface area contributed by atoms with Crippen molar-refractivity contribution in [1.29, 1.82) is 0 Å². The van der Waals surface area contributed by atoms with Gasteiger partial charge in [-0.15, -0.1) is 0 Å². The van der Waals surface area contributed by atoms with E-state index in [4.69, 9.17) is 4.74 Å². The summed E-state index contributed by atoms with van der Waals surface area (Å²) < 4.78 is 4.92. The molecule has 0 aliphatic heterocycles. The van der Waals surface area contributed by atoms with Crippen molar-refractivity contribution in [3.8, 4) is 0 Å². The molecule has 0 aliphatic rings. The van der Waals surface area contributed by atoms with Crippen molar-refractivity contribution in [3.63, 3.8) is 0 Å². The third-order valence-electron chi connectivity index (χ3n) is 3.23. The molecule has 0 heterocycles. The molecule has 0 fully saturated rings. The molecule has 3 N–H and O–H groups in total. The van der Waals surface area contributed by atoms with Gasteiger partial charge in [-0.25, -0.2) is 4.99 Å². The van der Waals surface area contributed by atoms with Gasteiger partial charge in [0.15, 0.2) is 5.96 Å². The van der Waals surface area contributed by atoms with Crippen LogP contribution in [0.3, 0.4) is 0 Å². The van der Waals surface area contributed by atoms with E-state index in [0.29, 0.717) is 19.7 Å². The number of nitrogens with zero attached hydrogens (tertiary/aromatic N) is 1. The maximum atomic E-state index is 9.72. The van der Waals surface area contributed by atoms with Crippen LogP contribution in [0.5, 0.6) is 0 Å².